The second-order valence-corrected chi connectivity index (χ2v) is 7.81. The van der Waals surface area contributed by atoms with E-state index in [4.69, 9.17) is 0 Å². The third-order valence-electron chi connectivity index (χ3n) is 3.28. The molecule has 0 radical (unpaired) electrons. The minimum Gasteiger partial charge on any atom is -0.360 e. The molecule has 120 valence electrons. The van der Waals surface area contributed by atoms with Crippen LogP contribution in [-0.4, -0.2) is 33.3 Å². The summed E-state index contributed by atoms with van der Waals surface area (Å²) in [6.07, 6.45) is 1.78. The van der Waals surface area contributed by atoms with Gasteiger partial charge < -0.3 is 10.3 Å². The van der Waals surface area contributed by atoms with Gasteiger partial charge >= 0.3 is 0 Å². The van der Waals surface area contributed by atoms with Gasteiger partial charge in [0.25, 0.3) is 0 Å². The number of fused-ring (bicyclic) bond motifs is 1. The zero-order valence-corrected chi connectivity index (χ0v) is 14.6. The molecule has 2 heterocycles. The van der Waals surface area contributed by atoms with Crippen molar-refractivity contribution < 1.29 is 4.79 Å². The molecule has 0 aliphatic carbocycles. The number of para-hydroxylation sites is 1. The molecule has 1 aromatic carbocycles. The van der Waals surface area contributed by atoms with E-state index in [0.29, 0.717) is 11.7 Å². The van der Waals surface area contributed by atoms with Gasteiger partial charge in [0.15, 0.2) is 10.1 Å². The number of rotatable bonds is 7. The Balaban J connectivity index is 1.61. The number of anilines is 1. The first kappa shape index (κ1) is 16.0. The van der Waals surface area contributed by atoms with Crippen molar-refractivity contribution in [1.29, 1.82) is 0 Å². The van der Waals surface area contributed by atoms with Crippen LogP contribution in [0.4, 0.5) is 5.13 Å². The van der Waals surface area contributed by atoms with Gasteiger partial charge in [-0.05, 0) is 12.0 Å². The lowest BCUT2D eigenvalue weighted by Crippen LogP contribution is -2.07. The van der Waals surface area contributed by atoms with E-state index >= 15 is 0 Å². The van der Waals surface area contributed by atoms with Gasteiger partial charge in [0.2, 0.25) is 5.13 Å². The van der Waals surface area contributed by atoms with Gasteiger partial charge in [0, 0.05) is 29.2 Å². The molecule has 3 rings (SSSR count). The Kier molecular flexibility index (Phi) is 4.97. The predicted molar refractivity (Wildman–Crippen MR) is 96.6 cm³/mol. The van der Waals surface area contributed by atoms with E-state index < -0.39 is 0 Å². The summed E-state index contributed by atoms with van der Waals surface area (Å²) in [5.41, 5.74) is 1.72. The number of H-pyrrole nitrogens is 1. The number of aromatic nitrogens is 3. The average Bonchev–Trinajstić information content (AvgIpc) is 3.17. The molecular formula is C16H18N4OS2. The van der Waals surface area contributed by atoms with Crippen LogP contribution in [0.25, 0.3) is 10.9 Å². The maximum absolute atomic E-state index is 12.4. The van der Waals surface area contributed by atoms with Crippen LogP contribution < -0.4 is 5.32 Å². The van der Waals surface area contributed by atoms with E-state index in [1.807, 2.05) is 24.3 Å². The summed E-state index contributed by atoms with van der Waals surface area (Å²) in [6.45, 7) is 5.15. The molecule has 0 fully saturated rings. The summed E-state index contributed by atoms with van der Waals surface area (Å²) in [5.74, 6) is 1.01. The van der Waals surface area contributed by atoms with E-state index in [1.165, 1.54) is 23.1 Å². The van der Waals surface area contributed by atoms with Gasteiger partial charge in [-0.15, -0.1) is 10.2 Å². The number of nitrogens with zero attached hydrogens (tertiary/aromatic N) is 2. The lowest BCUT2D eigenvalue weighted by atomic mass is 10.1. The van der Waals surface area contributed by atoms with Gasteiger partial charge in [-0.3, -0.25) is 4.79 Å². The normalized spacial score (nSPS) is 11.3. The third kappa shape index (κ3) is 3.92. The Morgan fingerprint density at radius 2 is 2.17 bits per heavy atom. The molecule has 0 atom stereocenters. The number of hydrogen-bond donors (Lipinski definition) is 2. The van der Waals surface area contributed by atoms with Crippen LogP contribution in [0, 0.1) is 5.92 Å². The topological polar surface area (TPSA) is 70.7 Å². The smallest absolute Gasteiger partial charge is 0.206 e. The highest BCUT2D eigenvalue weighted by molar-refractivity contribution is 8.01. The summed E-state index contributed by atoms with van der Waals surface area (Å²) in [7, 11) is 0. The number of hydrogen-bond acceptors (Lipinski definition) is 6. The van der Waals surface area contributed by atoms with Gasteiger partial charge in [0.05, 0.1) is 5.75 Å². The van der Waals surface area contributed by atoms with Crippen LogP contribution in [0.3, 0.4) is 0 Å². The van der Waals surface area contributed by atoms with E-state index in [0.717, 1.165) is 32.5 Å². The summed E-state index contributed by atoms with van der Waals surface area (Å²) in [6, 6.07) is 7.82. The van der Waals surface area contributed by atoms with Crippen molar-refractivity contribution in [2.45, 2.75) is 18.2 Å². The fourth-order valence-corrected chi connectivity index (χ4v) is 3.78. The van der Waals surface area contributed by atoms with Crippen molar-refractivity contribution in [2.24, 2.45) is 5.92 Å². The molecule has 0 bridgehead atoms. The number of carbonyl (C=O) groups is 1. The highest BCUT2D eigenvalue weighted by atomic mass is 32.2. The Bertz CT molecular complexity index is 809. The average molecular weight is 346 g/mol. The Labute approximate surface area is 142 Å². The van der Waals surface area contributed by atoms with Crippen LogP contribution >= 0.6 is 23.1 Å². The number of ketones is 1. The molecule has 0 amide bonds. The number of benzene rings is 1. The van der Waals surface area contributed by atoms with Crippen LogP contribution in [0.1, 0.15) is 24.2 Å². The van der Waals surface area contributed by atoms with Crippen LogP contribution in [-0.2, 0) is 0 Å². The first-order valence-electron chi connectivity index (χ1n) is 7.43. The van der Waals surface area contributed by atoms with Gasteiger partial charge in [-0.2, -0.15) is 0 Å². The second kappa shape index (κ2) is 7.14. The quantitative estimate of drug-likeness (QED) is 0.498. The fourth-order valence-electron chi connectivity index (χ4n) is 2.14. The Morgan fingerprint density at radius 1 is 1.35 bits per heavy atom. The lowest BCUT2D eigenvalue weighted by Gasteiger charge is -2.03. The Morgan fingerprint density at radius 3 is 3.00 bits per heavy atom. The van der Waals surface area contributed by atoms with Crippen LogP contribution in [0.2, 0.25) is 0 Å². The number of Topliss-reactive ketones (excluding diaryl/α,β-unsaturated/α-hetero) is 1. The minimum atomic E-state index is 0.0966. The van der Waals surface area contributed by atoms with Crippen LogP contribution in [0.5, 0.6) is 0 Å². The maximum Gasteiger partial charge on any atom is 0.206 e. The van der Waals surface area contributed by atoms with Crippen LogP contribution in [0.15, 0.2) is 34.8 Å². The standard InChI is InChI=1S/C16H18N4OS2/c1-10(2)7-18-15-19-20-16(23-15)22-9-14(21)12-8-17-13-6-4-3-5-11(12)13/h3-6,8,10,17H,7,9H2,1-2H3,(H,18,19). The van der Waals surface area contributed by atoms with Gasteiger partial charge in [-0.1, -0.05) is 55.1 Å². The molecule has 0 saturated carbocycles. The molecule has 0 aliphatic rings. The first-order chi connectivity index (χ1) is 11.1. The molecule has 2 aromatic heterocycles. The minimum absolute atomic E-state index is 0.0966. The molecule has 5 nitrogen and oxygen atoms in total. The maximum atomic E-state index is 12.4. The number of thioether (sulfide) groups is 1. The van der Waals surface area contributed by atoms with Gasteiger partial charge in [-0.25, -0.2) is 0 Å². The van der Waals surface area contributed by atoms with Crippen molar-refractivity contribution in [1.82, 2.24) is 15.2 Å². The summed E-state index contributed by atoms with van der Waals surface area (Å²) >= 11 is 2.92. The number of aromatic amines is 1. The number of carbonyl (C=O) groups excluding carboxylic acids is 1. The number of nitrogens with one attached hydrogen (secondary N) is 2. The zero-order chi connectivity index (χ0) is 16.2. The summed E-state index contributed by atoms with van der Waals surface area (Å²) in [5, 5.41) is 13.2. The van der Waals surface area contributed by atoms with E-state index in [1.54, 1.807) is 6.20 Å². The fraction of sp³-hybridized carbons (Fsp3) is 0.312. The Hall–Kier alpha value is -1.86. The zero-order valence-electron chi connectivity index (χ0n) is 13.0. The second-order valence-electron chi connectivity index (χ2n) is 5.61. The molecule has 0 aliphatic heterocycles. The van der Waals surface area contributed by atoms with Gasteiger partial charge in [0.1, 0.15) is 0 Å². The summed E-state index contributed by atoms with van der Waals surface area (Å²) in [4.78, 5) is 15.5. The van der Waals surface area contributed by atoms with Crippen molar-refractivity contribution in [3.05, 3.63) is 36.0 Å². The largest absolute Gasteiger partial charge is 0.360 e. The van der Waals surface area contributed by atoms with Crippen molar-refractivity contribution in [3.63, 3.8) is 0 Å². The summed E-state index contributed by atoms with van der Waals surface area (Å²) < 4.78 is 0.810. The molecule has 23 heavy (non-hydrogen) atoms. The first-order valence-corrected chi connectivity index (χ1v) is 9.23. The molecule has 0 saturated heterocycles. The van der Waals surface area contributed by atoms with Crippen molar-refractivity contribution in [3.8, 4) is 0 Å². The lowest BCUT2D eigenvalue weighted by molar-refractivity contribution is 0.102. The monoisotopic (exact) mass is 346 g/mol. The molecule has 7 heteroatoms. The molecule has 2 N–H and O–H groups in total. The highest BCUT2D eigenvalue weighted by Gasteiger charge is 2.13. The van der Waals surface area contributed by atoms with E-state index in [9.17, 15) is 4.79 Å². The molecule has 3 aromatic rings. The van der Waals surface area contributed by atoms with E-state index in [2.05, 4.69) is 34.3 Å². The van der Waals surface area contributed by atoms with E-state index in [-0.39, 0.29) is 5.78 Å². The van der Waals surface area contributed by atoms with Crippen molar-refractivity contribution in [2.75, 3.05) is 17.6 Å². The SMILES string of the molecule is CC(C)CNc1nnc(SCC(=O)c2c[nH]c3ccccc23)s1. The van der Waals surface area contributed by atoms with Crippen molar-refractivity contribution >= 4 is 44.9 Å². The molecular weight excluding hydrogens is 328 g/mol. The predicted octanol–water partition coefficient (Wildman–Crippen LogP) is 4.06. The molecule has 0 spiro atoms. The third-order valence-corrected chi connectivity index (χ3v) is 5.30. The highest BCUT2D eigenvalue weighted by Crippen LogP contribution is 2.27. The molecule has 0 unspecified atom stereocenters.